The van der Waals surface area contributed by atoms with Crippen molar-refractivity contribution in [2.45, 2.75) is 52.1 Å². The second kappa shape index (κ2) is 8.31. The third-order valence-corrected chi connectivity index (χ3v) is 6.83. The number of hydrogen-bond acceptors (Lipinski definition) is 3. The lowest BCUT2D eigenvalue weighted by atomic mass is 9.96. The summed E-state index contributed by atoms with van der Waals surface area (Å²) in [5.41, 5.74) is 3.85. The van der Waals surface area contributed by atoms with Gasteiger partial charge in [0.1, 0.15) is 0 Å². The lowest BCUT2D eigenvalue weighted by molar-refractivity contribution is 0.0922. The highest BCUT2D eigenvalue weighted by atomic mass is 32.1. The van der Waals surface area contributed by atoms with Crippen molar-refractivity contribution < 1.29 is 4.79 Å². The molecule has 3 heterocycles. The van der Waals surface area contributed by atoms with E-state index >= 15 is 0 Å². The zero-order valence-electron chi connectivity index (χ0n) is 16.5. The fourth-order valence-corrected chi connectivity index (χ4v) is 5.20. The van der Waals surface area contributed by atoms with E-state index in [-0.39, 0.29) is 11.9 Å². The maximum Gasteiger partial charge on any atom is 0.253 e. The summed E-state index contributed by atoms with van der Waals surface area (Å²) in [6.45, 7) is 4.77. The SMILES string of the molecule is Cc1cc(C(=O)N[C@H](c2cccs2)C2CCCC2)c(C)n1Cc1ccccn1. The van der Waals surface area contributed by atoms with E-state index in [1.807, 2.05) is 37.4 Å². The lowest BCUT2D eigenvalue weighted by Crippen LogP contribution is -2.32. The van der Waals surface area contributed by atoms with E-state index in [2.05, 4.69) is 39.3 Å². The summed E-state index contributed by atoms with van der Waals surface area (Å²) in [4.78, 5) is 18.9. The number of nitrogens with one attached hydrogen (secondary N) is 1. The highest BCUT2D eigenvalue weighted by Crippen LogP contribution is 2.37. The molecule has 0 aromatic carbocycles. The number of aryl methyl sites for hydroxylation is 1. The molecule has 1 fully saturated rings. The van der Waals surface area contributed by atoms with Gasteiger partial charge in [0, 0.05) is 22.5 Å². The molecule has 1 N–H and O–H groups in total. The molecule has 4 rings (SSSR count). The van der Waals surface area contributed by atoms with E-state index in [0.717, 1.165) is 22.6 Å². The summed E-state index contributed by atoms with van der Waals surface area (Å²) < 4.78 is 2.17. The average molecular weight is 394 g/mol. The van der Waals surface area contributed by atoms with Gasteiger partial charge >= 0.3 is 0 Å². The van der Waals surface area contributed by atoms with Gasteiger partial charge in [-0.2, -0.15) is 0 Å². The minimum atomic E-state index is 0.0330. The second-order valence-electron chi connectivity index (χ2n) is 7.70. The summed E-state index contributed by atoms with van der Waals surface area (Å²) >= 11 is 1.74. The molecule has 146 valence electrons. The number of aromatic nitrogens is 2. The first-order valence-electron chi connectivity index (χ1n) is 10.0. The Kier molecular flexibility index (Phi) is 5.62. The molecule has 4 nitrogen and oxygen atoms in total. The Bertz CT molecular complexity index is 924. The molecule has 3 aromatic heterocycles. The molecular formula is C23H27N3OS. The molecular weight excluding hydrogens is 366 g/mol. The predicted molar refractivity (Wildman–Crippen MR) is 114 cm³/mol. The number of carbonyl (C=O) groups is 1. The van der Waals surface area contributed by atoms with E-state index in [1.165, 1.54) is 30.6 Å². The molecule has 0 aliphatic heterocycles. The fraction of sp³-hybridized carbons (Fsp3) is 0.391. The zero-order valence-corrected chi connectivity index (χ0v) is 17.3. The van der Waals surface area contributed by atoms with Crippen molar-refractivity contribution in [3.05, 3.63) is 75.5 Å². The molecule has 5 heteroatoms. The summed E-state index contributed by atoms with van der Waals surface area (Å²) in [6, 6.07) is 12.3. The predicted octanol–water partition coefficient (Wildman–Crippen LogP) is 5.27. The van der Waals surface area contributed by atoms with E-state index in [4.69, 9.17) is 0 Å². The topological polar surface area (TPSA) is 46.9 Å². The minimum absolute atomic E-state index is 0.0330. The molecule has 1 atom stereocenters. The molecule has 0 saturated heterocycles. The second-order valence-corrected chi connectivity index (χ2v) is 8.68. The Morgan fingerprint density at radius 3 is 2.75 bits per heavy atom. The zero-order chi connectivity index (χ0) is 19.5. The Labute approximate surface area is 170 Å². The largest absolute Gasteiger partial charge is 0.344 e. The lowest BCUT2D eigenvalue weighted by Gasteiger charge is -2.24. The highest BCUT2D eigenvalue weighted by Gasteiger charge is 2.29. The first kappa shape index (κ1) is 18.9. The molecule has 0 unspecified atom stereocenters. The van der Waals surface area contributed by atoms with Crippen LogP contribution in [0, 0.1) is 19.8 Å². The van der Waals surface area contributed by atoms with Gasteiger partial charge in [-0.15, -0.1) is 11.3 Å². The monoisotopic (exact) mass is 393 g/mol. The third-order valence-electron chi connectivity index (χ3n) is 5.87. The van der Waals surface area contributed by atoms with Gasteiger partial charge in [0.15, 0.2) is 0 Å². The van der Waals surface area contributed by atoms with Crippen molar-refractivity contribution in [3.8, 4) is 0 Å². The average Bonchev–Trinajstić information content (AvgIpc) is 3.46. The molecule has 3 aromatic rings. The summed E-state index contributed by atoms with van der Waals surface area (Å²) in [6.07, 6.45) is 6.73. The molecule has 0 spiro atoms. The van der Waals surface area contributed by atoms with Crippen LogP contribution in [-0.2, 0) is 6.54 Å². The van der Waals surface area contributed by atoms with E-state index in [1.54, 1.807) is 11.3 Å². The van der Waals surface area contributed by atoms with Crippen LogP contribution in [0.1, 0.15) is 64.0 Å². The first-order valence-corrected chi connectivity index (χ1v) is 10.9. The maximum absolute atomic E-state index is 13.2. The Balaban J connectivity index is 1.56. The fourth-order valence-electron chi connectivity index (χ4n) is 4.33. The molecule has 28 heavy (non-hydrogen) atoms. The van der Waals surface area contributed by atoms with Crippen LogP contribution in [-0.4, -0.2) is 15.5 Å². The van der Waals surface area contributed by atoms with E-state index < -0.39 is 0 Å². The van der Waals surface area contributed by atoms with Crippen molar-refractivity contribution in [3.63, 3.8) is 0 Å². The van der Waals surface area contributed by atoms with Gasteiger partial charge < -0.3 is 9.88 Å². The van der Waals surface area contributed by atoms with Crippen LogP contribution < -0.4 is 5.32 Å². The number of rotatable bonds is 6. The standard InChI is InChI=1S/C23H27N3OS/c1-16-14-20(17(2)26(16)15-19-10-5-6-12-24-19)23(27)25-22(18-8-3-4-9-18)21-11-7-13-28-21/h5-7,10-14,18,22H,3-4,8-9,15H2,1-2H3,(H,25,27)/t22-/m0/s1. The molecule has 1 saturated carbocycles. The van der Waals surface area contributed by atoms with Gasteiger partial charge in [0.25, 0.3) is 5.91 Å². The van der Waals surface area contributed by atoms with E-state index in [9.17, 15) is 4.79 Å². The van der Waals surface area contributed by atoms with Gasteiger partial charge in [-0.25, -0.2) is 0 Å². The van der Waals surface area contributed by atoms with Gasteiger partial charge in [0.05, 0.1) is 23.8 Å². The number of thiophene rings is 1. The van der Waals surface area contributed by atoms with Crippen molar-refractivity contribution in [2.24, 2.45) is 5.92 Å². The number of amides is 1. The van der Waals surface area contributed by atoms with Crippen LogP contribution in [0.4, 0.5) is 0 Å². The number of carbonyl (C=O) groups excluding carboxylic acids is 1. The van der Waals surface area contributed by atoms with Crippen LogP contribution in [0.15, 0.2) is 48.0 Å². The summed E-state index contributed by atoms with van der Waals surface area (Å²) in [5.74, 6) is 0.574. The minimum Gasteiger partial charge on any atom is -0.344 e. The quantitative estimate of drug-likeness (QED) is 0.620. The number of pyridine rings is 1. The van der Waals surface area contributed by atoms with Crippen molar-refractivity contribution in [1.82, 2.24) is 14.9 Å². The Morgan fingerprint density at radius 2 is 2.07 bits per heavy atom. The van der Waals surface area contributed by atoms with Crippen LogP contribution in [0.25, 0.3) is 0 Å². The normalized spacial score (nSPS) is 15.6. The highest BCUT2D eigenvalue weighted by molar-refractivity contribution is 7.10. The van der Waals surface area contributed by atoms with Crippen LogP contribution in [0.2, 0.25) is 0 Å². The number of hydrogen-bond donors (Lipinski definition) is 1. The van der Waals surface area contributed by atoms with Crippen molar-refractivity contribution >= 4 is 17.2 Å². The van der Waals surface area contributed by atoms with Crippen LogP contribution in [0.3, 0.4) is 0 Å². The summed E-state index contributed by atoms with van der Waals surface area (Å²) in [7, 11) is 0. The smallest absolute Gasteiger partial charge is 0.253 e. The number of nitrogens with zero attached hydrogens (tertiary/aromatic N) is 2. The van der Waals surface area contributed by atoms with Crippen molar-refractivity contribution in [1.29, 1.82) is 0 Å². The molecule has 0 bridgehead atoms. The Hall–Kier alpha value is -2.40. The Morgan fingerprint density at radius 1 is 1.25 bits per heavy atom. The van der Waals surface area contributed by atoms with Gasteiger partial charge in [-0.05, 0) is 62.3 Å². The van der Waals surface area contributed by atoms with Gasteiger partial charge in [0.2, 0.25) is 0 Å². The molecule has 1 amide bonds. The van der Waals surface area contributed by atoms with Gasteiger partial charge in [-0.3, -0.25) is 9.78 Å². The maximum atomic E-state index is 13.2. The third kappa shape index (κ3) is 3.90. The summed E-state index contributed by atoms with van der Waals surface area (Å²) in [5, 5.41) is 5.46. The molecule has 0 radical (unpaired) electrons. The molecule has 1 aliphatic rings. The molecule has 1 aliphatic carbocycles. The van der Waals surface area contributed by atoms with Crippen molar-refractivity contribution in [2.75, 3.05) is 0 Å². The first-order chi connectivity index (χ1) is 13.6. The van der Waals surface area contributed by atoms with E-state index in [0.29, 0.717) is 12.5 Å². The van der Waals surface area contributed by atoms with Crippen LogP contribution in [0.5, 0.6) is 0 Å². The van der Waals surface area contributed by atoms with Gasteiger partial charge in [-0.1, -0.05) is 25.0 Å². The van der Waals surface area contributed by atoms with Crippen LogP contribution >= 0.6 is 11.3 Å².